The van der Waals surface area contributed by atoms with Crippen LogP contribution in [0.25, 0.3) is 0 Å². The molecule has 1 radical (unpaired) electrons. The summed E-state index contributed by atoms with van der Waals surface area (Å²) >= 11 is 1.17. The van der Waals surface area contributed by atoms with E-state index in [0.29, 0.717) is 0 Å². The van der Waals surface area contributed by atoms with E-state index in [-0.39, 0.29) is 12.4 Å². The Bertz CT molecular complexity index is 236. The molecule has 1 rings (SSSR count). The Hall–Kier alpha value is 0.272. The summed E-state index contributed by atoms with van der Waals surface area (Å²) in [5, 5.41) is 0. The molecule has 0 fully saturated rings. The van der Waals surface area contributed by atoms with Gasteiger partial charge in [-0.3, -0.25) is 0 Å². The Morgan fingerprint density at radius 2 is 1.50 bits per heavy atom. The van der Waals surface area contributed by atoms with Gasteiger partial charge in [0.2, 0.25) is 0 Å². The third-order valence-corrected chi connectivity index (χ3v) is 2.81. The van der Waals surface area contributed by atoms with Crippen molar-refractivity contribution in [1.29, 1.82) is 0 Å². The average molecular weight is 247 g/mol. The zero-order valence-corrected chi connectivity index (χ0v) is 11.8. The van der Waals surface area contributed by atoms with Crippen LogP contribution in [0, 0.1) is 0 Å². The van der Waals surface area contributed by atoms with Crippen LogP contribution in [0.1, 0.15) is 5.56 Å². The van der Waals surface area contributed by atoms with Crippen molar-refractivity contribution in [1.82, 2.24) is 0 Å². The van der Waals surface area contributed by atoms with Crippen LogP contribution in [-0.4, -0.2) is 36.2 Å². The monoisotopic (exact) mass is 246 g/mol. The number of hydrogen-bond donors (Lipinski definition) is 0. The molecule has 0 saturated heterocycles. The van der Waals surface area contributed by atoms with Gasteiger partial charge >= 0.3 is 20.0 Å². The summed E-state index contributed by atoms with van der Waals surface area (Å²) in [6.45, 7) is 7.12. The van der Waals surface area contributed by atoms with Crippen molar-refractivity contribution in [2.45, 2.75) is 6.16 Å². The molecule has 0 aromatic heterocycles. The van der Waals surface area contributed by atoms with E-state index in [4.69, 9.17) is 3.80 Å². The minimum absolute atomic E-state index is 0. The Morgan fingerprint density at radius 3 is 1.86 bits per heavy atom. The minimum atomic E-state index is -0.638. The Kier molecular flexibility index (Phi) is 10.2. The quantitative estimate of drug-likeness (QED) is 0.579. The third kappa shape index (κ3) is 8.85. The van der Waals surface area contributed by atoms with Crippen LogP contribution in [0.4, 0.5) is 0 Å². The van der Waals surface area contributed by atoms with Crippen molar-refractivity contribution in [3.63, 3.8) is 0 Å². The molecule has 0 saturated carbocycles. The molecule has 0 aliphatic rings. The van der Waals surface area contributed by atoms with Crippen molar-refractivity contribution < 1.29 is 3.80 Å². The van der Waals surface area contributed by atoms with E-state index in [0.717, 1.165) is 0 Å². The Labute approximate surface area is 102 Å². The van der Waals surface area contributed by atoms with Crippen LogP contribution in [0.3, 0.4) is 0 Å². The maximum atomic E-state index is 8.17. The predicted molar refractivity (Wildman–Crippen MR) is 68.5 cm³/mol. The summed E-state index contributed by atoms with van der Waals surface area (Å²) in [6.07, 6.45) is 1.27. The number of hydrogen-bond acceptors (Lipinski definition) is 1. The summed E-state index contributed by atoms with van der Waals surface area (Å²) in [4.78, 5) is 0. The molecule has 1 nitrogen and oxygen atoms in total. The van der Waals surface area contributed by atoms with E-state index in [1.165, 1.54) is 27.9 Å². The molecule has 0 bridgehead atoms. The molecule has 14 heavy (non-hydrogen) atoms. The molecule has 0 aliphatic carbocycles. The topological polar surface area (TPSA) is 17.1 Å². The number of benzene rings is 1. The summed E-state index contributed by atoms with van der Waals surface area (Å²) in [7, 11) is -0.638. The van der Waals surface area contributed by atoms with Crippen LogP contribution in [-0.2, 0) is 9.97 Å². The first kappa shape index (κ1) is 16.7. The van der Waals surface area contributed by atoms with Crippen LogP contribution in [0.5, 0.6) is 0 Å². The zero-order valence-electron chi connectivity index (χ0n) is 8.93. The molecular weight excluding hydrogens is 230 g/mol. The van der Waals surface area contributed by atoms with Crippen LogP contribution in [0.15, 0.2) is 30.3 Å². The molecule has 1 aromatic carbocycles. The summed E-state index contributed by atoms with van der Waals surface area (Å²) in [5.41, 5.74) is 1.48. The van der Waals surface area contributed by atoms with Crippen LogP contribution < -0.4 is 0 Å². The maximum absolute atomic E-state index is 8.17. The second-order valence-electron chi connectivity index (χ2n) is 3.93. The fraction of sp³-hybridized carbons (Fsp3) is 0.400. The molecule has 77 valence electrons. The standard InChI is InChI=1S/C10H16P.Al.ClH.O/c1-11(2,3)9-10-7-5-4-6-8-10;;;/h4-8H,9H2,1-3H3;;1H;/q+1;;;. The van der Waals surface area contributed by atoms with E-state index in [1.807, 2.05) is 0 Å². The van der Waals surface area contributed by atoms with E-state index in [1.54, 1.807) is 0 Å². The molecule has 0 heterocycles. The normalized spacial score (nSPS) is 9.29. The predicted octanol–water partition coefficient (Wildman–Crippen LogP) is 3.02. The molecule has 0 aliphatic heterocycles. The Balaban J connectivity index is 0. The van der Waals surface area contributed by atoms with Gasteiger partial charge in [-0.2, -0.15) is 0 Å². The second kappa shape index (κ2) is 8.57. The van der Waals surface area contributed by atoms with Gasteiger partial charge in [-0.15, -0.1) is 12.4 Å². The van der Waals surface area contributed by atoms with Crippen LogP contribution >= 0.6 is 19.7 Å². The number of rotatable bonds is 2. The molecule has 0 unspecified atom stereocenters. The first-order valence-corrected chi connectivity index (χ1v) is 7.94. The molecule has 4 heteroatoms. The second-order valence-corrected chi connectivity index (χ2v) is 8.83. The van der Waals surface area contributed by atoms with Crippen molar-refractivity contribution >= 4 is 35.9 Å². The molecular formula is C10H17AlClOP+. The van der Waals surface area contributed by atoms with E-state index >= 15 is 0 Å². The van der Waals surface area contributed by atoms with Gasteiger partial charge in [-0.05, 0) is 5.56 Å². The van der Waals surface area contributed by atoms with Crippen molar-refractivity contribution in [2.75, 3.05) is 20.0 Å². The molecule has 1 aromatic rings. The van der Waals surface area contributed by atoms with Gasteiger partial charge in [0.25, 0.3) is 0 Å². The molecule has 0 N–H and O–H groups in total. The summed E-state index contributed by atoms with van der Waals surface area (Å²) in [6, 6.07) is 10.7. The van der Waals surface area contributed by atoms with Crippen LogP contribution in [0.2, 0.25) is 0 Å². The number of halogens is 1. The van der Waals surface area contributed by atoms with E-state index in [2.05, 4.69) is 50.3 Å². The summed E-state index contributed by atoms with van der Waals surface area (Å²) in [5.74, 6) is 0. The van der Waals surface area contributed by atoms with Gasteiger partial charge in [0.05, 0.1) is 6.16 Å². The van der Waals surface area contributed by atoms with Gasteiger partial charge in [0, 0.05) is 27.3 Å². The van der Waals surface area contributed by atoms with E-state index in [9.17, 15) is 0 Å². The fourth-order valence-electron chi connectivity index (χ4n) is 1.13. The van der Waals surface area contributed by atoms with Gasteiger partial charge in [-0.1, -0.05) is 30.3 Å². The van der Waals surface area contributed by atoms with Crippen molar-refractivity contribution in [2.24, 2.45) is 0 Å². The van der Waals surface area contributed by atoms with Crippen molar-refractivity contribution in [3.8, 4) is 0 Å². The first-order chi connectivity index (χ1) is 6.08. The van der Waals surface area contributed by atoms with Gasteiger partial charge < -0.3 is 0 Å². The molecule has 0 amide bonds. The zero-order chi connectivity index (χ0) is 10.3. The SMILES string of the molecule is C[P+](C)(C)Cc1ccccc1.Cl.[O]=[Al]. The third-order valence-electron chi connectivity index (χ3n) is 1.50. The Morgan fingerprint density at radius 1 is 1.07 bits per heavy atom. The van der Waals surface area contributed by atoms with E-state index < -0.39 is 7.26 Å². The molecule has 0 atom stereocenters. The van der Waals surface area contributed by atoms with Gasteiger partial charge in [0.15, 0.2) is 0 Å². The van der Waals surface area contributed by atoms with Gasteiger partial charge in [-0.25, -0.2) is 0 Å². The fourth-order valence-corrected chi connectivity index (χ4v) is 2.44. The van der Waals surface area contributed by atoms with Gasteiger partial charge in [0.1, 0.15) is 0 Å². The van der Waals surface area contributed by atoms with Crippen molar-refractivity contribution in [3.05, 3.63) is 35.9 Å². The molecule has 0 spiro atoms. The summed E-state index contributed by atoms with van der Waals surface area (Å²) < 4.78 is 8.17. The average Bonchev–Trinajstić information content (AvgIpc) is 2.07. The first-order valence-electron chi connectivity index (χ1n) is 4.16.